The number of rotatable bonds is 7. The maximum Gasteiger partial charge on any atom is 0.275 e. The van der Waals surface area contributed by atoms with Crippen molar-refractivity contribution in [2.45, 2.75) is 0 Å². The summed E-state index contributed by atoms with van der Waals surface area (Å²) in [5.74, 6) is 2.22. The predicted octanol–water partition coefficient (Wildman–Crippen LogP) is 6.49. The second-order valence-electron chi connectivity index (χ2n) is 5.37. The SMILES string of the molecule is COc1c(Cl)cccc1/C=C/c1ccc(OPOc2ccccc2)cc1. The van der Waals surface area contributed by atoms with Crippen LogP contribution in [0.25, 0.3) is 12.2 Å². The highest BCUT2D eigenvalue weighted by molar-refractivity contribution is 7.27. The lowest BCUT2D eigenvalue weighted by molar-refractivity contribution is 0.414. The van der Waals surface area contributed by atoms with E-state index in [1.165, 1.54) is 0 Å². The number of halogens is 1. The van der Waals surface area contributed by atoms with Crippen LogP contribution in [0.4, 0.5) is 0 Å². The molecule has 3 rings (SSSR count). The molecule has 0 aliphatic rings. The standard InChI is InChI=1S/C21H18ClO3P/c1-23-21-17(6-5-9-20(21)22)13-10-16-11-14-19(15-12-16)25-26-24-18-7-3-2-4-8-18/h2-15,26H,1H3/b13-10+. The van der Waals surface area contributed by atoms with Gasteiger partial charge in [-0.3, -0.25) is 0 Å². The molecule has 3 aromatic rings. The molecule has 0 amide bonds. The molecule has 1 unspecified atom stereocenters. The van der Waals surface area contributed by atoms with Gasteiger partial charge in [-0.15, -0.1) is 0 Å². The Balaban J connectivity index is 1.58. The first-order chi connectivity index (χ1) is 12.8. The zero-order valence-electron chi connectivity index (χ0n) is 14.2. The Morgan fingerprint density at radius 2 is 1.46 bits per heavy atom. The molecule has 0 radical (unpaired) electrons. The third-order valence-corrected chi connectivity index (χ3v) is 4.53. The summed E-state index contributed by atoms with van der Waals surface area (Å²) in [6.07, 6.45) is 3.97. The van der Waals surface area contributed by atoms with Crippen molar-refractivity contribution in [2.24, 2.45) is 0 Å². The van der Waals surface area contributed by atoms with E-state index in [0.717, 1.165) is 22.6 Å². The predicted molar refractivity (Wildman–Crippen MR) is 109 cm³/mol. The zero-order chi connectivity index (χ0) is 18.2. The highest BCUT2D eigenvalue weighted by Gasteiger charge is 2.04. The van der Waals surface area contributed by atoms with E-state index in [4.69, 9.17) is 25.4 Å². The van der Waals surface area contributed by atoms with Crippen LogP contribution in [0.3, 0.4) is 0 Å². The number of methoxy groups -OCH3 is 1. The molecular formula is C21H18ClO3P. The summed E-state index contributed by atoms with van der Waals surface area (Å²) in [6, 6.07) is 23.0. The quantitative estimate of drug-likeness (QED) is 0.344. The molecule has 3 aromatic carbocycles. The van der Waals surface area contributed by atoms with Gasteiger partial charge in [-0.05, 0) is 35.9 Å². The van der Waals surface area contributed by atoms with Crippen molar-refractivity contribution in [1.82, 2.24) is 0 Å². The van der Waals surface area contributed by atoms with Crippen molar-refractivity contribution in [1.29, 1.82) is 0 Å². The fourth-order valence-corrected chi connectivity index (χ4v) is 3.08. The van der Waals surface area contributed by atoms with Crippen LogP contribution in [0.1, 0.15) is 11.1 Å². The van der Waals surface area contributed by atoms with Gasteiger partial charge in [0.15, 0.2) is 0 Å². The lowest BCUT2D eigenvalue weighted by atomic mass is 10.1. The number of ether oxygens (including phenoxy) is 1. The van der Waals surface area contributed by atoms with Crippen LogP contribution in [-0.2, 0) is 0 Å². The van der Waals surface area contributed by atoms with Crippen LogP contribution in [0.2, 0.25) is 5.02 Å². The van der Waals surface area contributed by atoms with E-state index >= 15 is 0 Å². The van der Waals surface area contributed by atoms with Gasteiger partial charge in [0.1, 0.15) is 17.2 Å². The van der Waals surface area contributed by atoms with E-state index in [1.54, 1.807) is 7.11 Å². The average Bonchev–Trinajstić information content (AvgIpc) is 2.68. The van der Waals surface area contributed by atoms with E-state index in [9.17, 15) is 0 Å². The molecule has 0 N–H and O–H groups in total. The Morgan fingerprint density at radius 3 is 2.15 bits per heavy atom. The Labute approximate surface area is 160 Å². The minimum Gasteiger partial charge on any atom is -0.495 e. The summed E-state index contributed by atoms with van der Waals surface area (Å²) < 4.78 is 16.5. The van der Waals surface area contributed by atoms with E-state index in [2.05, 4.69) is 0 Å². The monoisotopic (exact) mass is 384 g/mol. The van der Waals surface area contributed by atoms with E-state index in [1.807, 2.05) is 84.9 Å². The summed E-state index contributed by atoms with van der Waals surface area (Å²) >= 11 is 6.14. The molecule has 0 saturated heterocycles. The van der Waals surface area contributed by atoms with Crippen LogP contribution >= 0.6 is 20.6 Å². The van der Waals surface area contributed by atoms with Gasteiger partial charge in [0.05, 0.1) is 12.1 Å². The fourth-order valence-electron chi connectivity index (χ4n) is 2.31. The minimum atomic E-state index is -0.0902. The van der Waals surface area contributed by atoms with Crippen LogP contribution in [-0.4, -0.2) is 7.11 Å². The number of hydrogen-bond donors (Lipinski definition) is 0. The third kappa shape index (κ3) is 5.01. The van der Waals surface area contributed by atoms with E-state index < -0.39 is 0 Å². The molecule has 132 valence electrons. The number of para-hydroxylation sites is 2. The summed E-state index contributed by atoms with van der Waals surface area (Å²) in [5, 5.41) is 0.595. The van der Waals surface area contributed by atoms with Crippen LogP contribution in [0, 0.1) is 0 Å². The largest absolute Gasteiger partial charge is 0.495 e. The summed E-state index contributed by atoms with van der Waals surface area (Å²) in [7, 11) is 1.52. The first-order valence-corrected chi connectivity index (χ1v) is 9.20. The second-order valence-corrected chi connectivity index (χ2v) is 6.35. The maximum absolute atomic E-state index is 6.14. The van der Waals surface area contributed by atoms with Gasteiger partial charge in [-0.2, -0.15) is 0 Å². The van der Waals surface area contributed by atoms with Crippen molar-refractivity contribution in [2.75, 3.05) is 7.11 Å². The summed E-state index contributed by atoms with van der Waals surface area (Å²) in [6.45, 7) is 0. The topological polar surface area (TPSA) is 27.7 Å². The molecule has 26 heavy (non-hydrogen) atoms. The molecule has 0 fully saturated rings. The molecule has 0 aliphatic carbocycles. The Morgan fingerprint density at radius 1 is 0.769 bits per heavy atom. The smallest absolute Gasteiger partial charge is 0.275 e. The van der Waals surface area contributed by atoms with Gasteiger partial charge in [0, 0.05) is 5.56 Å². The number of hydrogen-bond acceptors (Lipinski definition) is 3. The van der Waals surface area contributed by atoms with Gasteiger partial charge < -0.3 is 13.8 Å². The van der Waals surface area contributed by atoms with Crippen molar-refractivity contribution in [3.63, 3.8) is 0 Å². The normalized spacial score (nSPS) is 11.2. The lowest BCUT2D eigenvalue weighted by Crippen LogP contribution is -1.87. The molecule has 1 atom stereocenters. The van der Waals surface area contributed by atoms with Gasteiger partial charge in [0.25, 0.3) is 9.03 Å². The summed E-state index contributed by atoms with van der Waals surface area (Å²) in [4.78, 5) is 0. The molecule has 5 heteroatoms. The highest BCUT2D eigenvalue weighted by Crippen LogP contribution is 2.30. The maximum atomic E-state index is 6.14. The van der Waals surface area contributed by atoms with E-state index in [0.29, 0.717) is 10.8 Å². The Kier molecular flexibility index (Phi) is 6.54. The number of benzene rings is 3. The van der Waals surface area contributed by atoms with Gasteiger partial charge in [-0.25, -0.2) is 0 Å². The molecule has 3 nitrogen and oxygen atoms in total. The minimum absolute atomic E-state index is 0.0902. The molecular weight excluding hydrogens is 367 g/mol. The van der Waals surface area contributed by atoms with Gasteiger partial charge >= 0.3 is 0 Å². The van der Waals surface area contributed by atoms with Crippen molar-refractivity contribution < 1.29 is 13.8 Å². The van der Waals surface area contributed by atoms with Crippen LogP contribution in [0.15, 0.2) is 72.8 Å². The molecule has 0 saturated carbocycles. The highest BCUT2D eigenvalue weighted by atomic mass is 35.5. The van der Waals surface area contributed by atoms with Crippen molar-refractivity contribution >= 4 is 32.8 Å². The van der Waals surface area contributed by atoms with Crippen molar-refractivity contribution in [3.05, 3.63) is 88.9 Å². The van der Waals surface area contributed by atoms with Crippen LogP contribution < -0.4 is 13.8 Å². The Bertz CT molecular complexity index is 864. The molecule has 0 aliphatic heterocycles. The molecule has 0 spiro atoms. The first-order valence-electron chi connectivity index (χ1n) is 8.00. The molecule has 0 heterocycles. The van der Waals surface area contributed by atoms with Crippen molar-refractivity contribution in [3.8, 4) is 17.2 Å². The zero-order valence-corrected chi connectivity index (χ0v) is 15.9. The molecule has 0 bridgehead atoms. The Hall–Kier alpha value is -2.48. The average molecular weight is 385 g/mol. The third-order valence-electron chi connectivity index (χ3n) is 3.60. The van der Waals surface area contributed by atoms with Gasteiger partial charge in [-0.1, -0.05) is 66.2 Å². The molecule has 0 aromatic heterocycles. The first kappa shape index (κ1) is 18.3. The lowest BCUT2D eigenvalue weighted by Gasteiger charge is -2.07. The van der Waals surface area contributed by atoms with Crippen LogP contribution in [0.5, 0.6) is 17.2 Å². The fraction of sp³-hybridized carbons (Fsp3) is 0.0476. The van der Waals surface area contributed by atoms with E-state index in [-0.39, 0.29) is 9.03 Å². The second kappa shape index (κ2) is 9.28. The van der Waals surface area contributed by atoms with Gasteiger partial charge in [0.2, 0.25) is 0 Å². The summed E-state index contributed by atoms with van der Waals surface area (Å²) in [5.41, 5.74) is 1.98.